The van der Waals surface area contributed by atoms with Gasteiger partial charge in [0.1, 0.15) is 0 Å². The Morgan fingerprint density at radius 1 is 1.38 bits per heavy atom. The molecule has 1 aromatic heterocycles. The number of carboxylic acid groups (broad SMARTS) is 1. The highest BCUT2D eigenvalue weighted by Gasteiger charge is 2.24. The number of hydrogen-bond acceptors (Lipinski definition) is 3. The van der Waals surface area contributed by atoms with Gasteiger partial charge in [0.25, 0.3) is 0 Å². The van der Waals surface area contributed by atoms with Crippen molar-refractivity contribution >= 4 is 27.4 Å². The predicted octanol–water partition coefficient (Wildman–Crippen LogP) is 2.66. The molecule has 0 aliphatic carbocycles. The highest BCUT2D eigenvalue weighted by molar-refractivity contribution is 7.17. The number of thiophene rings is 1. The lowest BCUT2D eigenvalue weighted by Gasteiger charge is -2.14. The molecular formula is C12H12O3S. The van der Waals surface area contributed by atoms with Crippen LogP contribution < -0.4 is 0 Å². The summed E-state index contributed by atoms with van der Waals surface area (Å²) in [5.41, 5.74) is 0.704. The van der Waals surface area contributed by atoms with Crippen LogP contribution in [0.2, 0.25) is 0 Å². The lowest BCUT2D eigenvalue weighted by molar-refractivity contribution is -0.144. The first-order valence-corrected chi connectivity index (χ1v) is 5.86. The van der Waals surface area contributed by atoms with E-state index in [1.165, 1.54) is 18.3 Å². The second-order valence-corrected chi connectivity index (χ2v) is 4.67. The van der Waals surface area contributed by atoms with Crippen LogP contribution in [0.5, 0.6) is 0 Å². The summed E-state index contributed by atoms with van der Waals surface area (Å²) in [5.74, 6) is -1.78. The molecule has 3 nitrogen and oxygen atoms in total. The Morgan fingerprint density at radius 2 is 2.06 bits per heavy atom. The van der Waals surface area contributed by atoms with Gasteiger partial charge in [0, 0.05) is 4.70 Å². The molecule has 0 saturated heterocycles. The number of hydrogen-bond donors (Lipinski definition) is 2. The molecule has 2 atom stereocenters. The molecular weight excluding hydrogens is 224 g/mol. The van der Waals surface area contributed by atoms with Crippen LogP contribution in [0.1, 0.15) is 18.6 Å². The third-order valence-corrected chi connectivity index (χ3v) is 3.67. The van der Waals surface area contributed by atoms with Crippen LogP contribution >= 0.6 is 11.3 Å². The lowest BCUT2D eigenvalue weighted by Crippen LogP contribution is -2.18. The quantitative estimate of drug-likeness (QED) is 0.861. The fourth-order valence-electron chi connectivity index (χ4n) is 1.63. The molecule has 84 valence electrons. The highest BCUT2D eigenvalue weighted by Crippen LogP contribution is 2.33. The number of carbonyl (C=O) groups is 1. The third kappa shape index (κ3) is 1.81. The number of aliphatic carboxylic acids is 1. The first-order valence-electron chi connectivity index (χ1n) is 4.98. The van der Waals surface area contributed by atoms with Crippen molar-refractivity contribution < 1.29 is 15.0 Å². The summed E-state index contributed by atoms with van der Waals surface area (Å²) in [4.78, 5) is 10.8. The van der Waals surface area contributed by atoms with E-state index < -0.39 is 18.0 Å². The van der Waals surface area contributed by atoms with Crippen LogP contribution in [-0.4, -0.2) is 16.2 Å². The summed E-state index contributed by atoms with van der Waals surface area (Å²) < 4.78 is 1.06. The Kier molecular flexibility index (Phi) is 2.94. The number of aliphatic hydroxyl groups excluding tert-OH is 1. The van der Waals surface area contributed by atoms with Gasteiger partial charge >= 0.3 is 5.97 Å². The van der Waals surface area contributed by atoms with Gasteiger partial charge in [0.15, 0.2) is 0 Å². The van der Waals surface area contributed by atoms with Crippen molar-refractivity contribution in [2.24, 2.45) is 5.92 Å². The molecule has 0 aliphatic rings. The van der Waals surface area contributed by atoms with Gasteiger partial charge in [-0.1, -0.05) is 18.2 Å². The number of benzene rings is 1. The van der Waals surface area contributed by atoms with E-state index in [0.717, 1.165) is 10.1 Å². The van der Waals surface area contributed by atoms with Gasteiger partial charge < -0.3 is 10.2 Å². The zero-order valence-electron chi connectivity index (χ0n) is 8.75. The average molecular weight is 236 g/mol. The van der Waals surface area contributed by atoms with E-state index in [4.69, 9.17) is 5.11 Å². The molecule has 2 N–H and O–H groups in total. The molecule has 2 unspecified atom stereocenters. The topological polar surface area (TPSA) is 57.5 Å². The fraction of sp³-hybridized carbons (Fsp3) is 0.250. The summed E-state index contributed by atoms with van der Waals surface area (Å²) in [6.07, 6.45) is -0.950. The fourth-order valence-corrected chi connectivity index (χ4v) is 2.62. The molecule has 0 radical (unpaired) electrons. The maximum absolute atomic E-state index is 10.8. The molecule has 4 heteroatoms. The number of rotatable bonds is 3. The van der Waals surface area contributed by atoms with Gasteiger partial charge in [-0.05, 0) is 29.3 Å². The molecule has 0 saturated carbocycles. The molecule has 0 aliphatic heterocycles. The second-order valence-electron chi connectivity index (χ2n) is 3.76. The maximum Gasteiger partial charge on any atom is 0.309 e. The molecule has 0 amide bonds. The minimum atomic E-state index is -0.984. The Balaban J connectivity index is 2.44. The summed E-state index contributed by atoms with van der Waals surface area (Å²) in [6, 6.07) is 7.67. The van der Waals surface area contributed by atoms with Gasteiger partial charge in [-0.25, -0.2) is 0 Å². The average Bonchev–Trinajstić information content (AvgIpc) is 2.70. The van der Waals surface area contributed by atoms with Crippen molar-refractivity contribution in [3.05, 3.63) is 35.2 Å². The van der Waals surface area contributed by atoms with Crippen molar-refractivity contribution in [1.29, 1.82) is 0 Å². The van der Waals surface area contributed by atoms with Gasteiger partial charge in [0.05, 0.1) is 12.0 Å². The summed E-state index contributed by atoms with van der Waals surface area (Å²) >= 11 is 1.52. The zero-order valence-corrected chi connectivity index (χ0v) is 9.57. The number of aliphatic hydroxyl groups is 1. The van der Waals surface area contributed by atoms with Gasteiger partial charge in [0.2, 0.25) is 0 Å². The predicted molar refractivity (Wildman–Crippen MR) is 63.6 cm³/mol. The molecule has 2 aromatic rings. The van der Waals surface area contributed by atoms with E-state index in [1.807, 2.05) is 29.6 Å². The summed E-state index contributed by atoms with van der Waals surface area (Å²) in [6.45, 7) is 1.51. The summed E-state index contributed by atoms with van der Waals surface area (Å²) in [7, 11) is 0. The lowest BCUT2D eigenvalue weighted by atomic mass is 9.97. The minimum Gasteiger partial charge on any atom is -0.481 e. The van der Waals surface area contributed by atoms with Crippen LogP contribution in [0, 0.1) is 5.92 Å². The summed E-state index contributed by atoms with van der Waals surface area (Å²) in [5, 5.41) is 21.6. The van der Waals surface area contributed by atoms with Crippen molar-refractivity contribution in [3.63, 3.8) is 0 Å². The molecule has 0 fully saturated rings. The largest absolute Gasteiger partial charge is 0.481 e. The van der Waals surface area contributed by atoms with Crippen LogP contribution in [-0.2, 0) is 4.79 Å². The highest BCUT2D eigenvalue weighted by atomic mass is 32.1. The maximum atomic E-state index is 10.8. The van der Waals surface area contributed by atoms with E-state index in [1.54, 1.807) is 0 Å². The zero-order chi connectivity index (χ0) is 11.7. The van der Waals surface area contributed by atoms with Crippen molar-refractivity contribution in [2.75, 3.05) is 0 Å². The Labute approximate surface area is 97.0 Å². The third-order valence-electron chi connectivity index (χ3n) is 2.69. The molecule has 1 heterocycles. The molecule has 0 spiro atoms. The number of fused-ring (bicyclic) bond motifs is 1. The van der Waals surface area contributed by atoms with E-state index in [2.05, 4.69) is 0 Å². The van der Waals surface area contributed by atoms with Gasteiger partial charge in [-0.2, -0.15) is 0 Å². The smallest absolute Gasteiger partial charge is 0.309 e. The first-order chi connectivity index (χ1) is 7.61. The Bertz CT molecular complexity index is 518. The van der Waals surface area contributed by atoms with Crippen molar-refractivity contribution in [2.45, 2.75) is 13.0 Å². The van der Waals surface area contributed by atoms with Crippen LogP contribution in [0.4, 0.5) is 0 Å². The van der Waals surface area contributed by atoms with E-state index in [9.17, 15) is 9.90 Å². The Morgan fingerprint density at radius 3 is 2.75 bits per heavy atom. The van der Waals surface area contributed by atoms with Crippen LogP contribution in [0.15, 0.2) is 29.6 Å². The molecule has 16 heavy (non-hydrogen) atoms. The second kappa shape index (κ2) is 4.23. The van der Waals surface area contributed by atoms with E-state index >= 15 is 0 Å². The van der Waals surface area contributed by atoms with Gasteiger partial charge in [-0.15, -0.1) is 11.3 Å². The minimum absolute atomic E-state index is 0.704. The monoisotopic (exact) mass is 236 g/mol. The van der Waals surface area contributed by atoms with E-state index in [-0.39, 0.29) is 0 Å². The first kappa shape index (κ1) is 11.1. The normalized spacial score (nSPS) is 14.9. The Hall–Kier alpha value is -1.39. The van der Waals surface area contributed by atoms with Crippen LogP contribution in [0.25, 0.3) is 10.1 Å². The van der Waals surface area contributed by atoms with E-state index in [0.29, 0.717) is 5.56 Å². The SMILES string of the molecule is CC(C(=O)O)C(O)c1csc2ccccc12. The van der Waals surface area contributed by atoms with Crippen molar-refractivity contribution in [1.82, 2.24) is 0 Å². The number of carboxylic acids is 1. The molecule has 1 aromatic carbocycles. The van der Waals surface area contributed by atoms with Crippen LogP contribution in [0.3, 0.4) is 0 Å². The standard InChI is InChI=1S/C12H12O3S/c1-7(12(14)15)11(13)9-6-16-10-5-3-2-4-8(9)10/h2-7,11,13H,1H3,(H,14,15). The van der Waals surface area contributed by atoms with Gasteiger partial charge in [-0.3, -0.25) is 4.79 Å². The molecule has 2 rings (SSSR count). The molecule has 0 bridgehead atoms. The van der Waals surface area contributed by atoms with Crippen molar-refractivity contribution in [3.8, 4) is 0 Å².